The van der Waals surface area contributed by atoms with Gasteiger partial charge in [-0.15, -0.1) is 0 Å². The van der Waals surface area contributed by atoms with Gasteiger partial charge >= 0.3 is 0 Å². The minimum Gasteiger partial charge on any atom is -0.504 e. The average Bonchev–Trinajstić information content (AvgIpc) is 2.91. The predicted octanol–water partition coefficient (Wildman–Crippen LogP) is 1.61. The zero-order valence-corrected chi connectivity index (χ0v) is 12.1. The Bertz CT molecular complexity index is 470. The molecule has 0 bridgehead atoms. The van der Waals surface area contributed by atoms with Gasteiger partial charge in [-0.2, -0.15) is 0 Å². The van der Waals surface area contributed by atoms with E-state index in [9.17, 15) is 9.90 Å². The molecule has 5 nitrogen and oxygen atoms in total. The van der Waals surface area contributed by atoms with Gasteiger partial charge in [0.2, 0.25) is 0 Å². The Labute approximate surface area is 119 Å². The summed E-state index contributed by atoms with van der Waals surface area (Å²) < 4.78 is 4.96. The molecule has 1 aliphatic heterocycles. The van der Waals surface area contributed by atoms with Crippen LogP contribution < -0.4 is 10.1 Å². The van der Waals surface area contributed by atoms with Gasteiger partial charge in [0.25, 0.3) is 5.91 Å². The van der Waals surface area contributed by atoms with Crippen molar-refractivity contribution in [2.45, 2.75) is 25.8 Å². The van der Waals surface area contributed by atoms with Crippen LogP contribution in [-0.2, 0) is 0 Å². The first-order valence-electron chi connectivity index (χ1n) is 7.00. The van der Waals surface area contributed by atoms with Gasteiger partial charge in [0.15, 0.2) is 11.5 Å². The lowest BCUT2D eigenvalue weighted by Crippen LogP contribution is -2.41. The number of ether oxygens (including phenoxy) is 1. The van der Waals surface area contributed by atoms with Crippen LogP contribution in [0.3, 0.4) is 0 Å². The van der Waals surface area contributed by atoms with Gasteiger partial charge in [-0.3, -0.25) is 4.79 Å². The van der Waals surface area contributed by atoms with Gasteiger partial charge in [-0.1, -0.05) is 0 Å². The highest BCUT2D eigenvalue weighted by molar-refractivity contribution is 5.95. The van der Waals surface area contributed by atoms with Crippen LogP contribution in [0.2, 0.25) is 0 Å². The summed E-state index contributed by atoms with van der Waals surface area (Å²) in [6.45, 7) is 5.10. The summed E-state index contributed by atoms with van der Waals surface area (Å²) >= 11 is 0. The fourth-order valence-electron chi connectivity index (χ4n) is 2.54. The second-order valence-corrected chi connectivity index (χ2v) is 5.27. The summed E-state index contributed by atoms with van der Waals surface area (Å²) in [7, 11) is 1.48. The third-order valence-corrected chi connectivity index (χ3v) is 3.55. The van der Waals surface area contributed by atoms with Crippen LogP contribution >= 0.6 is 0 Å². The Morgan fingerprint density at radius 3 is 2.75 bits per heavy atom. The molecule has 1 aromatic rings. The van der Waals surface area contributed by atoms with Gasteiger partial charge in [0, 0.05) is 18.2 Å². The fraction of sp³-hybridized carbons (Fsp3) is 0.533. The number of likely N-dealkylation sites (tertiary alicyclic amines) is 1. The number of nitrogens with one attached hydrogen (secondary N) is 1. The molecular weight excluding hydrogens is 256 g/mol. The van der Waals surface area contributed by atoms with Crippen molar-refractivity contribution < 1.29 is 14.6 Å². The highest BCUT2D eigenvalue weighted by Crippen LogP contribution is 2.26. The second kappa shape index (κ2) is 6.61. The van der Waals surface area contributed by atoms with E-state index in [2.05, 4.69) is 10.2 Å². The first kappa shape index (κ1) is 14.7. The molecule has 1 aliphatic rings. The maximum absolute atomic E-state index is 12.1. The molecule has 0 aromatic heterocycles. The van der Waals surface area contributed by atoms with E-state index in [4.69, 9.17) is 4.74 Å². The highest BCUT2D eigenvalue weighted by Gasteiger charge is 2.17. The fourth-order valence-corrected chi connectivity index (χ4v) is 2.54. The van der Waals surface area contributed by atoms with Gasteiger partial charge < -0.3 is 20.1 Å². The van der Waals surface area contributed by atoms with Crippen molar-refractivity contribution in [3.63, 3.8) is 0 Å². The quantitative estimate of drug-likeness (QED) is 0.859. The van der Waals surface area contributed by atoms with Crippen molar-refractivity contribution >= 4 is 5.91 Å². The van der Waals surface area contributed by atoms with E-state index in [1.165, 1.54) is 26.0 Å². The molecule has 0 radical (unpaired) electrons. The summed E-state index contributed by atoms with van der Waals surface area (Å²) in [5.41, 5.74) is 0.441. The first-order chi connectivity index (χ1) is 9.60. The van der Waals surface area contributed by atoms with Crippen LogP contribution in [0, 0.1) is 0 Å². The third-order valence-electron chi connectivity index (χ3n) is 3.55. The van der Waals surface area contributed by atoms with Crippen LogP contribution in [0.1, 0.15) is 30.1 Å². The van der Waals surface area contributed by atoms with Crippen LogP contribution in [0.15, 0.2) is 18.2 Å². The Morgan fingerprint density at radius 2 is 2.15 bits per heavy atom. The first-order valence-corrected chi connectivity index (χ1v) is 7.00. The van der Waals surface area contributed by atoms with E-state index in [-0.39, 0.29) is 17.7 Å². The molecule has 1 unspecified atom stereocenters. The minimum atomic E-state index is -0.172. The molecule has 20 heavy (non-hydrogen) atoms. The molecule has 1 saturated heterocycles. The number of benzene rings is 1. The van der Waals surface area contributed by atoms with E-state index in [1.807, 2.05) is 6.92 Å². The lowest BCUT2D eigenvalue weighted by atomic mass is 10.1. The largest absolute Gasteiger partial charge is 0.504 e. The zero-order valence-electron chi connectivity index (χ0n) is 12.1. The number of rotatable bonds is 5. The molecule has 1 fully saturated rings. The van der Waals surface area contributed by atoms with Crippen LogP contribution in [-0.4, -0.2) is 48.7 Å². The summed E-state index contributed by atoms with van der Waals surface area (Å²) in [6.07, 6.45) is 2.49. The van der Waals surface area contributed by atoms with Crippen LogP contribution in [0.4, 0.5) is 0 Å². The monoisotopic (exact) mass is 278 g/mol. The van der Waals surface area contributed by atoms with Gasteiger partial charge in [-0.05, 0) is 51.1 Å². The zero-order chi connectivity index (χ0) is 14.5. The van der Waals surface area contributed by atoms with E-state index in [0.29, 0.717) is 11.3 Å². The average molecular weight is 278 g/mol. The summed E-state index contributed by atoms with van der Waals surface area (Å²) in [6, 6.07) is 4.76. The number of phenols is 1. The molecule has 0 aliphatic carbocycles. The molecular formula is C15H22N2O3. The van der Waals surface area contributed by atoms with Crippen molar-refractivity contribution in [1.82, 2.24) is 10.2 Å². The molecule has 1 amide bonds. The lowest BCUT2D eigenvalue weighted by Gasteiger charge is -2.21. The smallest absolute Gasteiger partial charge is 0.251 e. The number of hydrogen-bond donors (Lipinski definition) is 2. The number of phenolic OH excluding ortho intramolecular Hbond substituents is 1. The van der Waals surface area contributed by atoms with Crippen molar-refractivity contribution in [1.29, 1.82) is 0 Å². The molecule has 1 heterocycles. The van der Waals surface area contributed by atoms with Crippen LogP contribution in [0.25, 0.3) is 0 Å². The Kier molecular flexibility index (Phi) is 4.84. The van der Waals surface area contributed by atoms with Gasteiger partial charge in [-0.25, -0.2) is 0 Å². The molecule has 1 atom stereocenters. The minimum absolute atomic E-state index is 0.0210. The Balaban J connectivity index is 1.91. The summed E-state index contributed by atoms with van der Waals surface area (Å²) in [5, 5.41) is 12.6. The molecule has 0 spiro atoms. The number of aromatic hydroxyl groups is 1. The van der Waals surface area contributed by atoms with E-state index in [1.54, 1.807) is 12.1 Å². The topological polar surface area (TPSA) is 61.8 Å². The Hall–Kier alpha value is -1.75. The predicted molar refractivity (Wildman–Crippen MR) is 77.3 cm³/mol. The lowest BCUT2D eigenvalue weighted by molar-refractivity contribution is 0.0931. The molecule has 2 rings (SSSR count). The summed E-state index contributed by atoms with van der Waals surface area (Å²) in [5.74, 6) is 0.175. The third kappa shape index (κ3) is 3.63. The van der Waals surface area contributed by atoms with E-state index < -0.39 is 0 Å². The van der Waals surface area contributed by atoms with Crippen molar-refractivity contribution in [2.24, 2.45) is 0 Å². The normalized spacial score (nSPS) is 16.9. The standard InChI is InChI=1S/C15H22N2O3/c1-11(10-17-7-3-4-8-17)16-15(19)12-5-6-14(20-2)13(18)9-12/h5-6,9,11,18H,3-4,7-8,10H2,1-2H3,(H,16,19). The molecule has 1 aromatic carbocycles. The molecule has 2 N–H and O–H groups in total. The number of hydrogen-bond acceptors (Lipinski definition) is 4. The van der Waals surface area contributed by atoms with E-state index >= 15 is 0 Å². The maximum atomic E-state index is 12.1. The molecule has 0 saturated carbocycles. The van der Waals surface area contributed by atoms with Gasteiger partial charge in [0.05, 0.1) is 7.11 Å². The molecule has 5 heteroatoms. The van der Waals surface area contributed by atoms with Crippen molar-refractivity contribution in [3.8, 4) is 11.5 Å². The highest BCUT2D eigenvalue weighted by atomic mass is 16.5. The number of methoxy groups -OCH3 is 1. The SMILES string of the molecule is COc1ccc(C(=O)NC(C)CN2CCCC2)cc1O. The number of carbonyl (C=O) groups is 1. The van der Waals surface area contributed by atoms with Crippen LogP contribution in [0.5, 0.6) is 11.5 Å². The number of carbonyl (C=O) groups excluding carboxylic acids is 1. The number of nitrogens with zero attached hydrogens (tertiary/aromatic N) is 1. The van der Waals surface area contributed by atoms with Crippen molar-refractivity contribution in [2.75, 3.05) is 26.7 Å². The molecule has 110 valence electrons. The maximum Gasteiger partial charge on any atom is 0.251 e. The second-order valence-electron chi connectivity index (χ2n) is 5.27. The van der Waals surface area contributed by atoms with Gasteiger partial charge in [0.1, 0.15) is 0 Å². The Morgan fingerprint density at radius 1 is 1.45 bits per heavy atom. The van der Waals surface area contributed by atoms with E-state index in [0.717, 1.165) is 19.6 Å². The number of amides is 1. The van der Waals surface area contributed by atoms with Crippen molar-refractivity contribution in [3.05, 3.63) is 23.8 Å². The summed E-state index contributed by atoms with van der Waals surface area (Å²) in [4.78, 5) is 14.5.